The maximum Gasteiger partial charge on any atom is 0.236 e. The highest BCUT2D eigenvalue weighted by atomic mass is 32.2. The molecule has 0 aliphatic carbocycles. The van der Waals surface area contributed by atoms with Gasteiger partial charge in [0, 0.05) is 17.7 Å². The summed E-state index contributed by atoms with van der Waals surface area (Å²) < 4.78 is 25.0. The van der Waals surface area contributed by atoms with Crippen LogP contribution in [-0.2, 0) is 15.4 Å². The van der Waals surface area contributed by atoms with E-state index >= 15 is 0 Å². The van der Waals surface area contributed by atoms with Crippen molar-refractivity contribution in [3.05, 3.63) is 23.9 Å². The topological polar surface area (TPSA) is 50.3 Å². The normalized spacial score (nSPS) is 19.6. The minimum Gasteiger partial charge on any atom is -0.254 e. The van der Waals surface area contributed by atoms with Crippen LogP contribution >= 0.6 is 0 Å². The summed E-state index contributed by atoms with van der Waals surface area (Å²) >= 11 is 0. The fourth-order valence-corrected chi connectivity index (χ4v) is 3.39. The average Bonchev–Trinajstić information content (AvgIpc) is 2.57. The van der Waals surface area contributed by atoms with Crippen LogP contribution in [0.3, 0.4) is 0 Å². The van der Waals surface area contributed by atoms with Gasteiger partial charge in [0.05, 0.1) is 5.75 Å². The fraction of sp³-hybridized carbons (Fsp3) is 0.583. The molecule has 5 heteroatoms. The molecule has 1 saturated heterocycles. The van der Waals surface area contributed by atoms with Crippen molar-refractivity contribution in [2.75, 3.05) is 16.6 Å². The number of pyridine rings is 1. The first kappa shape index (κ1) is 12.4. The molecule has 0 amide bonds. The van der Waals surface area contributed by atoms with E-state index in [1.54, 1.807) is 6.07 Å². The Labute approximate surface area is 103 Å². The van der Waals surface area contributed by atoms with Gasteiger partial charge in [-0.25, -0.2) is 13.4 Å². The van der Waals surface area contributed by atoms with Gasteiger partial charge < -0.3 is 0 Å². The first-order chi connectivity index (χ1) is 7.81. The molecule has 1 aromatic heterocycles. The standard InChI is InChI=1S/C12H18N2O2S/c1-12(2,3)10-6-4-7-11(13-10)14-8-5-9-17(14,15)16/h4,6-7H,5,8-9H2,1-3H3. The van der Waals surface area contributed by atoms with Gasteiger partial charge in [-0.15, -0.1) is 0 Å². The van der Waals surface area contributed by atoms with Gasteiger partial charge in [0.2, 0.25) is 10.0 Å². The van der Waals surface area contributed by atoms with Crippen LogP contribution in [0.4, 0.5) is 5.82 Å². The van der Waals surface area contributed by atoms with Gasteiger partial charge in [-0.2, -0.15) is 0 Å². The van der Waals surface area contributed by atoms with Gasteiger partial charge >= 0.3 is 0 Å². The molecule has 0 bridgehead atoms. The molecule has 0 aromatic carbocycles. The van der Waals surface area contributed by atoms with Gasteiger partial charge in [-0.1, -0.05) is 26.8 Å². The molecule has 0 saturated carbocycles. The number of hydrogen-bond acceptors (Lipinski definition) is 3. The smallest absolute Gasteiger partial charge is 0.236 e. The molecule has 0 spiro atoms. The van der Waals surface area contributed by atoms with Crippen molar-refractivity contribution < 1.29 is 8.42 Å². The molecular formula is C12H18N2O2S. The highest BCUT2D eigenvalue weighted by Gasteiger charge is 2.30. The van der Waals surface area contributed by atoms with Crippen molar-refractivity contribution in [1.29, 1.82) is 0 Å². The Hall–Kier alpha value is -1.10. The average molecular weight is 254 g/mol. The molecule has 4 nitrogen and oxygen atoms in total. The van der Waals surface area contributed by atoms with Crippen LogP contribution < -0.4 is 4.31 Å². The zero-order valence-electron chi connectivity index (χ0n) is 10.5. The van der Waals surface area contributed by atoms with Gasteiger partial charge in [-0.05, 0) is 18.6 Å². The third kappa shape index (κ3) is 2.44. The molecule has 1 aliphatic heterocycles. The number of nitrogens with zero attached hydrogens (tertiary/aromatic N) is 2. The molecule has 17 heavy (non-hydrogen) atoms. The number of sulfonamides is 1. The molecule has 2 heterocycles. The van der Waals surface area contributed by atoms with Crippen molar-refractivity contribution in [2.24, 2.45) is 0 Å². The van der Waals surface area contributed by atoms with Crippen LogP contribution in [0.2, 0.25) is 0 Å². The second-order valence-corrected chi connectivity index (χ2v) is 7.39. The first-order valence-electron chi connectivity index (χ1n) is 5.79. The highest BCUT2D eigenvalue weighted by molar-refractivity contribution is 7.93. The van der Waals surface area contributed by atoms with E-state index in [9.17, 15) is 8.42 Å². The summed E-state index contributed by atoms with van der Waals surface area (Å²) in [6, 6.07) is 5.57. The van der Waals surface area contributed by atoms with Gasteiger partial charge in [0.1, 0.15) is 5.82 Å². The third-order valence-corrected chi connectivity index (χ3v) is 4.70. The molecule has 1 aromatic rings. The van der Waals surface area contributed by atoms with Crippen LogP contribution in [0.5, 0.6) is 0 Å². The Morgan fingerprint density at radius 2 is 2.00 bits per heavy atom. The number of aromatic nitrogens is 1. The van der Waals surface area contributed by atoms with E-state index in [1.165, 1.54) is 4.31 Å². The van der Waals surface area contributed by atoms with Crippen LogP contribution in [0, 0.1) is 0 Å². The molecule has 1 fully saturated rings. The van der Waals surface area contributed by atoms with E-state index < -0.39 is 10.0 Å². The Balaban J connectivity index is 2.41. The fourth-order valence-electron chi connectivity index (χ4n) is 1.88. The van der Waals surface area contributed by atoms with E-state index in [1.807, 2.05) is 12.1 Å². The van der Waals surface area contributed by atoms with Crippen LogP contribution in [0.1, 0.15) is 32.9 Å². The first-order valence-corrected chi connectivity index (χ1v) is 7.39. The summed E-state index contributed by atoms with van der Waals surface area (Å²) in [5.41, 5.74) is 0.844. The zero-order valence-corrected chi connectivity index (χ0v) is 11.3. The Kier molecular flexibility index (Phi) is 2.89. The molecular weight excluding hydrogens is 236 g/mol. The molecule has 2 rings (SSSR count). The monoisotopic (exact) mass is 254 g/mol. The lowest BCUT2D eigenvalue weighted by molar-refractivity contribution is 0.568. The Bertz CT molecular complexity index is 518. The zero-order chi connectivity index (χ0) is 12.7. The van der Waals surface area contributed by atoms with E-state index in [0.717, 1.165) is 5.69 Å². The minimum atomic E-state index is -3.13. The van der Waals surface area contributed by atoms with Crippen molar-refractivity contribution in [3.8, 4) is 0 Å². The van der Waals surface area contributed by atoms with Crippen LogP contribution in [0.25, 0.3) is 0 Å². The molecule has 0 atom stereocenters. The lowest BCUT2D eigenvalue weighted by atomic mass is 9.92. The van der Waals surface area contributed by atoms with Gasteiger partial charge in [0.25, 0.3) is 0 Å². The summed E-state index contributed by atoms with van der Waals surface area (Å²) in [4.78, 5) is 4.47. The van der Waals surface area contributed by atoms with E-state index in [0.29, 0.717) is 18.8 Å². The van der Waals surface area contributed by atoms with Crippen molar-refractivity contribution in [2.45, 2.75) is 32.6 Å². The second kappa shape index (κ2) is 3.98. The molecule has 0 radical (unpaired) electrons. The lowest BCUT2D eigenvalue weighted by Crippen LogP contribution is -2.27. The maximum atomic E-state index is 11.8. The van der Waals surface area contributed by atoms with Crippen LogP contribution in [-0.4, -0.2) is 25.7 Å². The van der Waals surface area contributed by atoms with Crippen LogP contribution in [0.15, 0.2) is 18.2 Å². The predicted molar refractivity (Wildman–Crippen MR) is 68.7 cm³/mol. The summed E-state index contributed by atoms with van der Waals surface area (Å²) in [6.45, 7) is 6.75. The molecule has 1 aliphatic rings. The second-order valence-electron chi connectivity index (χ2n) is 5.37. The summed E-state index contributed by atoms with van der Waals surface area (Å²) in [6.07, 6.45) is 0.684. The minimum absolute atomic E-state index is 0.0699. The van der Waals surface area contributed by atoms with Crippen molar-refractivity contribution >= 4 is 15.8 Å². The number of anilines is 1. The number of hydrogen-bond donors (Lipinski definition) is 0. The Morgan fingerprint density at radius 3 is 2.53 bits per heavy atom. The van der Waals surface area contributed by atoms with E-state index in [-0.39, 0.29) is 11.2 Å². The third-order valence-electron chi connectivity index (χ3n) is 2.86. The quantitative estimate of drug-likeness (QED) is 0.769. The highest BCUT2D eigenvalue weighted by Crippen LogP contribution is 2.26. The predicted octanol–water partition coefficient (Wildman–Crippen LogP) is 1.92. The Morgan fingerprint density at radius 1 is 1.29 bits per heavy atom. The molecule has 0 N–H and O–H groups in total. The van der Waals surface area contributed by atoms with Crippen molar-refractivity contribution in [1.82, 2.24) is 4.98 Å². The van der Waals surface area contributed by atoms with E-state index in [2.05, 4.69) is 25.8 Å². The van der Waals surface area contributed by atoms with E-state index in [4.69, 9.17) is 0 Å². The van der Waals surface area contributed by atoms with Crippen molar-refractivity contribution in [3.63, 3.8) is 0 Å². The largest absolute Gasteiger partial charge is 0.254 e. The SMILES string of the molecule is CC(C)(C)c1cccc(N2CCCS2(=O)=O)n1. The van der Waals surface area contributed by atoms with Gasteiger partial charge in [0.15, 0.2) is 0 Å². The maximum absolute atomic E-state index is 11.8. The lowest BCUT2D eigenvalue weighted by Gasteiger charge is -2.21. The number of rotatable bonds is 1. The summed E-state index contributed by atoms with van der Waals surface area (Å²) in [5.74, 6) is 0.781. The summed E-state index contributed by atoms with van der Waals surface area (Å²) in [5, 5.41) is 0. The molecule has 94 valence electrons. The summed E-state index contributed by atoms with van der Waals surface area (Å²) in [7, 11) is -3.13. The van der Waals surface area contributed by atoms with Gasteiger partial charge in [-0.3, -0.25) is 4.31 Å². The molecule has 0 unspecified atom stereocenters.